The quantitative estimate of drug-likeness (QED) is 0.862. The maximum Gasteiger partial charge on any atom is 0.0598 e. The molecule has 1 N–H and O–H groups in total. The first-order valence-electron chi connectivity index (χ1n) is 8.09. The zero-order valence-corrected chi connectivity index (χ0v) is 13.2. The van der Waals surface area contributed by atoms with E-state index in [-0.39, 0.29) is 0 Å². The van der Waals surface area contributed by atoms with E-state index in [4.69, 9.17) is 0 Å². The van der Waals surface area contributed by atoms with Crippen LogP contribution in [0.4, 0.5) is 5.69 Å². The molecule has 0 aliphatic carbocycles. The van der Waals surface area contributed by atoms with E-state index in [1.807, 2.05) is 12.4 Å². The molecule has 2 heterocycles. The molecule has 0 saturated carbocycles. The van der Waals surface area contributed by atoms with E-state index in [1.165, 1.54) is 43.6 Å². The van der Waals surface area contributed by atoms with Crippen LogP contribution in [-0.4, -0.2) is 24.6 Å². The molecule has 0 amide bonds. The first-order valence-corrected chi connectivity index (χ1v) is 8.09. The van der Waals surface area contributed by atoms with E-state index >= 15 is 0 Å². The summed E-state index contributed by atoms with van der Waals surface area (Å²) >= 11 is 0. The van der Waals surface area contributed by atoms with Gasteiger partial charge >= 0.3 is 0 Å². The molecular formula is C17H29N3. The second kappa shape index (κ2) is 7.63. The van der Waals surface area contributed by atoms with Gasteiger partial charge in [0.2, 0.25) is 0 Å². The van der Waals surface area contributed by atoms with Crippen molar-refractivity contribution in [3.05, 3.63) is 24.0 Å². The molecule has 112 valence electrons. The van der Waals surface area contributed by atoms with E-state index < -0.39 is 0 Å². The lowest BCUT2D eigenvalue weighted by atomic mass is 9.94. The van der Waals surface area contributed by atoms with Crippen LogP contribution in [0, 0.1) is 11.8 Å². The first-order chi connectivity index (χ1) is 9.70. The average molecular weight is 275 g/mol. The van der Waals surface area contributed by atoms with E-state index in [2.05, 4.69) is 42.0 Å². The van der Waals surface area contributed by atoms with Crippen LogP contribution in [0.15, 0.2) is 18.5 Å². The molecule has 3 nitrogen and oxygen atoms in total. The number of pyridine rings is 1. The van der Waals surface area contributed by atoms with Crippen LogP contribution in [-0.2, 0) is 6.54 Å². The van der Waals surface area contributed by atoms with Crippen LogP contribution < -0.4 is 10.2 Å². The molecule has 0 spiro atoms. The molecule has 1 aromatic rings. The summed E-state index contributed by atoms with van der Waals surface area (Å²) in [5.41, 5.74) is 2.72. The van der Waals surface area contributed by atoms with Crippen molar-refractivity contribution < 1.29 is 0 Å². The molecule has 0 radical (unpaired) electrons. The van der Waals surface area contributed by atoms with Gasteiger partial charge < -0.3 is 10.2 Å². The highest BCUT2D eigenvalue weighted by Gasteiger charge is 2.19. The van der Waals surface area contributed by atoms with Gasteiger partial charge in [-0.1, -0.05) is 27.2 Å². The highest BCUT2D eigenvalue weighted by molar-refractivity contribution is 5.52. The van der Waals surface area contributed by atoms with Crippen molar-refractivity contribution >= 4 is 5.69 Å². The van der Waals surface area contributed by atoms with E-state index in [0.717, 1.165) is 19.0 Å². The Kier molecular flexibility index (Phi) is 5.84. The summed E-state index contributed by atoms with van der Waals surface area (Å²) < 4.78 is 0. The molecule has 3 heteroatoms. The van der Waals surface area contributed by atoms with Crippen molar-refractivity contribution in [3.63, 3.8) is 0 Å². The van der Waals surface area contributed by atoms with Gasteiger partial charge in [-0.2, -0.15) is 0 Å². The minimum atomic E-state index is 0.695. The van der Waals surface area contributed by atoms with Crippen molar-refractivity contribution in [2.75, 3.05) is 24.5 Å². The fourth-order valence-corrected chi connectivity index (χ4v) is 2.93. The summed E-state index contributed by atoms with van der Waals surface area (Å²) in [4.78, 5) is 6.85. The molecule has 1 fully saturated rings. The molecule has 1 saturated heterocycles. The van der Waals surface area contributed by atoms with Gasteiger partial charge in [0.15, 0.2) is 0 Å². The SMILES string of the molecule is CCC1CCN(c2cnccc2CNCC(C)C)CC1. The molecule has 1 aliphatic rings. The standard InChI is InChI=1S/C17H29N3/c1-4-15-6-9-20(10-7-15)17-13-18-8-5-16(17)12-19-11-14(2)3/h5,8,13-15,19H,4,6-7,9-12H2,1-3H3. The summed E-state index contributed by atoms with van der Waals surface area (Å²) in [5.74, 6) is 1.62. The summed E-state index contributed by atoms with van der Waals surface area (Å²) in [5, 5.41) is 3.55. The Hall–Kier alpha value is -1.09. The smallest absolute Gasteiger partial charge is 0.0598 e. The predicted molar refractivity (Wildman–Crippen MR) is 86.0 cm³/mol. The number of nitrogens with one attached hydrogen (secondary N) is 1. The van der Waals surface area contributed by atoms with E-state index in [0.29, 0.717) is 5.92 Å². The summed E-state index contributed by atoms with van der Waals surface area (Å²) in [6, 6.07) is 2.16. The molecule has 0 bridgehead atoms. The van der Waals surface area contributed by atoms with Gasteiger partial charge in [-0.15, -0.1) is 0 Å². The van der Waals surface area contributed by atoms with Crippen molar-refractivity contribution in [3.8, 4) is 0 Å². The molecule has 20 heavy (non-hydrogen) atoms. The third-order valence-corrected chi connectivity index (χ3v) is 4.29. The lowest BCUT2D eigenvalue weighted by Crippen LogP contribution is -2.34. The fourth-order valence-electron chi connectivity index (χ4n) is 2.93. The van der Waals surface area contributed by atoms with Crippen LogP contribution in [0.2, 0.25) is 0 Å². The Labute approximate surface area is 123 Å². The number of hydrogen-bond acceptors (Lipinski definition) is 3. The zero-order chi connectivity index (χ0) is 14.4. The molecule has 1 aromatic heterocycles. The fraction of sp³-hybridized carbons (Fsp3) is 0.706. The Morgan fingerprint density at radius 1 is 1.35 bits per heavy atom. The van der Waals surface area contributed by atoms with Gasteiger partial charge in [-0.05, 0) is 42.9 Å². The Morgan fingerprint density at radius 3 is 2.75 bits per heavy atom. The Morgan fingerprint density at radius 2 is 2.10 bits per heavy atom. The van der Waals surface area contributed by atoms with Crippen molar-refractivity contribution in [2.24, 2.45) is 11.8 Å². The first kappa shape index (κ1) is 15.3. The zero-order valence-electron chi connectivity index (χ0n) is 13.2. The number of nitrogens with zero attached hydrogens (tertiary/aromatic N) is 2. The van der Waals surface area contributed by atoms with Crippen LogP contribution in [0.5, 0.6) is 0 Å². The minimum Gasteiger partial charge on any atom is -0.370 e. The lowest BCUT2D eigenvalue weighted by Gasteiger charge is -2.34. The maximum absolute atomic E-state index is 4.33. The minimum absolute atomic E-state index is 0.695. The normalized spacial score (nSPS) is 16.9. The number of rotatable bonds is 6. The van der Waals surface area contributed by atoms with Crippen LogP contribution >= 0.6 is 0 Å². The lowest BCUT2D eigenvalue weighted by molar-refractivity contribution is 0.394. The molecule has 0 atom stereocenters. The van der Waals surface area contributed by atoms with Crippen LogP contribution in [0.1, 0.15) is 45.6 Å². The average Bonchev–Trinajstić information content (AvgIpc) is 2.47. The molecule has 0 unspecified atom stereocenters. The highest BCUT2D eigenvalue weighted by Crippen LogP contribution is 2.26. The van der Waals surface area contributed by atoms with Gasteiger partial charge in [0.1, 0.15) is 0 Å². The van der Waals surface area contributed by atoms with Gasteiger partial charge in [0.25, 0.3) is 0 Å². The van der Waals surface area contributed by atoms with Crippen molar-refractivity contribution in [1.82, 2.24) is 10.3 Å². The monoisotopic (exact) mass is 275 g/mol. The number of piperidine rings is 1. The maximum atomic E-state index is 4.33. The second-order valence-electron chi connectivity index (χ2n) is 6.37. The topological polar surface area (TPSA) is 28.2 Å². The molecular weight excluding hydrogens is 246 g/mol. The molecule has 2 rings (SSSR count). The largest absolute Gasteiger partial charge is 0.370 e. The number of hydrogen-bond donors (Lipinski definition) is 1. The van der Waals surface area contributed by atoms with Gasteiger partial charge in [-0.25, -0.2) is 0 Å². The second-order valence-corrected chi connectivity index (χ2v) is 6.37. The summed E-state index contributed by atoms with van der Waals surface area (Å²) in [7, 11) is 0. The molecule has 0 aromatic carbocycles. The summed E-state index contributed by atoms with van der Waals surface area (Å²) in [6.07, 6.45) is 7.92. The van der Waals surface area contributed by atoms with Crippen LogP contribution in [0.3, 0.4) is 0 Å². The van der Waals surface area contributed by atoms with Gasteiger partial charge in [0.05, 0.1) is 11.9 Å². The Balaban J connectivity index is 1.97. The Bertz CT molecular complexity index is 395. The van der Waals surface area contributed by atoms with Gasteiger partial charge in [-0.3, -0.25) is 4.98 Å². The summed E-state index contributed by atoms with van der Waals surface area (Å²) in [6.45, 7) is 11.2. The molecule has 1 aliphatic heterocycles. The van der Waals surface area contributed by atoms with E-state index in [9.17, 15) is 0 Å². The number of aromatic nitrogens is 1. The van der Waals surface area contributed by atoms with Crippen molar-refractivity contribution in [2.45, 2.75) is 46.6 Å². The third-order valence-electron chi connectivity index (χ3n) is 4.29. The van der Waals surface area contributed by atoms with Crippen LogP contribution in [0.25, 0.3) is 0 Å². The van der Waals surface area contributed by atoms with Gasteiger partial charge in [0, 0.05) is 25.8 Å². The third kappa shape index (κ3) is 4.20. The van der Waals surface area contributed by atoms with E-state index in [1.54, 1.807) is 0 Å². The predicted octanol–water partition coefficient (Wildman–Crippen LogP) is 3.45. The highest BCUT2D eigenvalue weighted by atomic mass is 15.1. The van der Waals surface area contributed by atoms with Crippen molar-refractivity contribution in [1.29, 1.82) is 0 Å². The number of anilines is 1.